The van der Waals surface area contributed by atoms with Gasteiger partial charge in [-0.25, -0.2) is 8.78 Å². The second-order valence-corrected chi connectivity index (χ2v) is 10.2. The van der Waals surface area contributed by atoms with Crippen molar-refractivity contribution in [2.75, 3.05) is 0 Å². The minimum Gasteiger partial charge on any atom is -0.488 e. The predicted molar refractivity (Wildman–Crippen MR) is 139 cm³/mol. The minimum absolute atomic E-state index is 0.0430. The van der Waals surface area contributed by atoms with Crippen LogP contribution in [0.25, 0.3) is 0 Å². The van der Waals surface area contributed by atoms with Crippen molar-refractivity contribution >= 4 is 5.91 Å². The first kappa shape index (κ1) is 33.6. The Morgan fingerprint density at radius 2 is 1.51 bits per heavy atom. The van der Waals surface area contributed by atoms with Gasteiger partial charge >= 0.3 is 18.7 Å². The molecule has 3 aromatic carbocycles. The van der Waals surface area contributed by atoms with Gasteiger partial charge in [0.25, 0.3) is 0 Å². The molecule has 0 aliphatic rings. The largest absolute Gasteiger partial charge is 0.488 e. The number of carbonyl (C=O) groups excluding carboxylic acids is 1. The predicted octanol–water partition coefficient (Wildman–Crippen LogP) is 8.18. The van der Waals surface area contributed by atoms with Crippen LogP contribution >= 0.6 is 0 Å². The van der Waals surface area contributed by atoms with Crippen LogP contribution in [0.2, 0.25) is 0 Å². The molecule has 0 aliphatic heterocycles. The molecule has 3 rings (SSSR count). The summed E-state index contributed by atoms with van der Waals surface area (Å²) >= 11 is 0. The van der Waals surface area contributed by atoms with E-state index in [1.54, 1.807) is 44.2 Å². The van der Waals surface area contributed by atoms with Crippen molar-refractivity contribution in [3.8, 4) is 11.5 Å². The topological polar surface area (TPSA) is 47.6 Å². The van der Waals surface area contributed by atoms with E-state index < -0.39 is 66.0 Å². The first-order valence-corrected chi connectivity index (χ1v) is 13.0. The molecule has 0 spiro atoms. The maximum absolute atomic E-state index is 14.9. The SMILES string of the molecule is CC(C)Oc1cc([C@@](Cc2ccccc2)(NC(=O)CC(C)C(F)(F)F)c2cc(F)cc(OC(F)(F)C(F)F)c2)ccc1F. The van der Waals surface area contributed by atoms with Crippen molar-refractivity contribution in [3.63, 3.8) is 0 Å². The van der Waals surface area contributed by atoms with E-state index in [1.165, 1.54) is 0 Å². The Kier molecular flexibility index (Phi) is 10.3. The van der Waals surface area contributed by atoms with Crippen LogP contribution in [0.5, 0.6) is 11.5 Å². The van der Waals surface area contributed by atoms with E-state index in [0.29, 0.717) is 11.6 Å². The van der Waals surface area contributed by atoms with Gasteiger partial charge in [0.2, 0.25) is 5.91 Å². The molecule has 0 fully saturated rings. The lowest BCUT2D eigenvalue weighted by molar-refractivity contribution is -0.253. The van der Waals surface area contributed by atoms with Crippen LogP contribution in [0.4, 0.5) is 39.5 Å². The first-order chi connectivity index (χ1) is 19.9. The van der Waals surface area contributed by atoms with Crippen molar-refractivity contribution in [2.45, 2.75) is 64.0 Å². The van der Waals surface area contributed by atoms with Gasteiger partial charge in [-0.1, -0.05) is 43.3 Å². The second-order valence-electron chi connectivity index (χ2n) is 10.2. The second kappa shape index (κ2) is 13.2. The van der Waals surface area contributed by atoms with Gasteiger partial charge in [0.1, 0.15) is 11.6 Å². The van der Waals surface area contributed by atoms with Crippen LogP contribution in [0.1, 0.15) is 43.9 Å². The summed E-state index contributed by atoms with van der Waals surface area (Å²) in [5, 5.41) is 2.48. The van der Waals surface area contributed by atoms with Gasteiger partial charge in [0.15, 0.2) is 11.6 Å². The van der Waals surface area contributed by atoms with Gasteiger partial charge in [-0.3, -0.25) is 4.79 Å². The molecule has 1 amide bonds. The van der Waals surface area contributed by atoms with E-state index >= 15 is 0 Å². The standard InChI is InChI=1S/C30H28F9NO3/c1-17(2)42-25-14-20(9-10-24(25)32)28(16-19-7-5-4-6-8-19,40-26(41)11-18(3)29(35,36)37)21-12-22(31)15-23(13-21)43-30(38,39)27(33)34/h4-10,12-15,17-18,27H,11,16H2,1-3H3,(H,40,41)/t18?,28-/m1/s1. The molecular weight excluding hydrogens is 593 g/mol. The quantitative estimate of drug-likeness (QED) is 0.208. The summed E-state index contributed by atoms with van der Waals surface area (Å²) in [5.41, 5.74) is -2.07. The lowest BCUT2D eigenvalue weighted by Crippen LogP contribution is -2.49. The van der Waals surface area contributed by atoms with Crippen molar-refractivity contribution in [2.24, 2.45) is 5.92 Å². The van der Waals surface area contributed by atoms with Gasteiger partial charge in [0.05, 0.1) is 17.6 Å². The molecular formula is C30H28F9NO3. The molecule has 13 heteroatoms. The third-order valence-electron chi connectivity index (χ3n) is 6.37. The van der Waals surface area contributed by atoms with E-state index in [2.05, 4.69) is 10.1 Å². The van der Waals surface area contributed by atoms with Crippen LogP contribution in [-0.2, 0) is 16.8 Å². The highest BCUT2D eigenvalue weighted by Gasteiger charge is 2.45. The Hall–Kier alpha value is -3.90. The smallest absolute Gasteiger partial charge is 0.461 e. The van der Waals surface area contributed by atoms with Crippen molar-refractivity contribution in [3.05, 3.63) is 95.1 Å². The summed E-state index contributed by atoms with van der Waals surface area (Å²) in [6, 6.07) is 13.1. The molecule has 1 N–H and O–H groups in total. The van der Waals surface area contributed by atoms with Gasteiger partial charge in [-0.15, -0.1) is 0 Å². The summed E-state index contributed by atoms with van der Waals surface area (Å²) in [6.45, 7) is 3.94. The van der Waals surface area contributed by atoms with E-state index in [0.717, 1.165) is 37.3 Å². The zero-order chi connectivity index (χ0) is 32.2. The molecule has 4 nitrogen and oxygen atoms in total. The maximum Gasteiger partial charge on any atom is 0.461 e. The van der Waals surface area contributed by atoms with Crippen molar-refractivity contribution < 1.29 is 53.8 Å². The van der Waals surface area contributed by atoms with Crippen LogP contribution in [0, 0.1) is 17.6 Å². The molecule has 0 heterocycles. The Balaban J connectivity index is 2.32. The third-order valence-corrected chi connectivity index (χ3v) is 6.37. The lowest BCUT2D eigenvalue weighted by atomic mass is 9.77. The fourth-order valence-corrected chi connectivity index (χ4v) is 4.33. The number of nitrogens with one attached hydrogen (secondary N) is 1. The van der Waals surface area contributed by atoms with Gasteiger partial charge in [-0.05, 0) is 54.8 Å². The summed E-state index contributed by atoms with van der Waals surface area (Å²) in [4.78, 5) is 13.2. The molecule has 2 atom stereocenters. The normalized spacial score (nSPS) is 14.4. The minimum atomic E-state index is -5.04. The average molecular weight is 622 g/mol. The van der Waals surface area contributed by atoms with Crippen LogP contribution in [0.3, 0.4) is 0 Å². The van der Waals surface area contributed by atoms with Crippen LogP contribution in [0.15, 0.2) is 66.7 Å². The fraction of sp³-hybridized carbons (Fsp3) is 0.367. The van der Waals surface area contributed by atoms with Gasteiger partial charge in [0, 0.05) is 18.9 Å². The number of carbonyl (C=O) groups is 1. The number of rotatable bonds is 12. The molecule has 0 radical (unpaired) electrons. The zero-order valence-electron chi connectivity index (χ0n) is 23.1. The number of ether oxygens (including phenoxy) is 2. The molecule has 0 aromatic heterocycles. The van der Waals surface area contributed by atoms with Crippen LogP contribution in [-0.4, -0.2) is 30.7 Å². The summed E-state index contributed by atoms with van der Waals surface area (Å²) in [7, 11) is 0. The Morgan fingerprint density at radius 1 is 0.860 bits per heavy atom. The molecule has 0 saturated heterocycles. The molecule has 0 aliphatic carbocycles. The average Bonchev–Trinajstić information content (AvgIpc) is 2.88. The third kappa shape index (κ3) is 8.57. The molecule has 0 bridgehead atoms. The van der Waals surface area contributed by atoms with E-state index in [1.807, 2.05) is 0 Å². The highest BCUT2D eigenvalue weighted by Crippen LogP contribution is 2.40. The Bertz CT molecular complexity index is 1400. The van der Waals surface area contributed by atoms with Gasteiger partial charge < -0.3 is 14.8 Å². The van der Waals surface area contributed by atoms with E-state index in [9.17, 15) is 44.3 Å². The zero-order valence-corrected chi connectivity index (χ0v) is 23.1. The fourth-order valence-electron chi connectivity index (χ4n) is 4.33. The number of hydrogen-bond acceptors (Lipinski definition) is 3. The molecule has 1 unspecified atom stereocenters. The Morgan fingerprint density at radius 3 is 2.09 bits per heavy atom. The first-order valence-electron chi connectivity index (χ1n) is 13.0. The molecule has 234 valence electrons. The lowest BCUT2D eigenvalue weighted by Gasteiger charge is -2.37. The number of halogens is 9. The van der Waals surface area contributed by atoms with Gasteiger partial charge in [-0.2, -0.15) is 30.7 Å². The maximum atomic E-state index is 14.9. The Labute approximate surface area is 241 Å². The van der Waals surface area contributed by atoms with E-state index in [-0.39, 0.29) is 23.3 Å². The van der Waals surface area contributed by atoms with Crippen molar-refractivity contribution in [1.29, 1.82) is 0 Å². The highest BCUT2D eigenvalue weighted by atomic mass is 19.4. The van der Waals surface area contributed by atoms with Crippen molar-refractivity contribution in [1.82, 2.24) is 5.32 Å². The van der Waals surface area contributed by atoms with E-state index in [4.69, 9.17) is 4.74 Å². The monoisotopic (exact) mass is 621 g/mol. The number of hydrogen-bond donors (Lipinski definition) is 1. The number of benzene rings is 3. The molecule has 0 saturated carbocycles. The summed E-state index contributed by atoms with van der Waals surface area (Å²) in [6.07, 6.45) is -16.0. The number of alkyl halides is 7. The van der Waals surface area contributed by atoms with Crippen LogP contribution < -0.4 is 14.8 Å². The summed E-state index contributed by atoms with van der Waals surface area (Å²) in [5.74, 6) is -6.79. The summed E-state index contributed by atoms with van der Waals surface area (Å²) < 4.78 is 133. The highest BCUT2D eigenvalue weighted by molar-refractivity contribution is 5.78. The molecule has 3 aromatic rings. The number of amides is 1. The molecule has 43 heavy (non-hydrogen) atoms.